The molecule has 2 unspecified atom stereocenters. The van der Waals surface area contributed by atoms with Gasteiger partial charge in [0.2, 0.25) is 5.91 Å². The summed E-state index contributed by atoms with van der Waals surface area (Å²) in [7, 11) is 0. The first-order chi connectivity index (χ1) is 15.0. The summed E-state index contributed by atoms with van der Waals surface area (Å²) in [4.78, 5) is 25.3. The normalized spacial score (nSPS) is 15.9. The molecule has 0 aliphatic carbocycles. The molecule has 158 valence electrons. The molecule has 0 bridgehead atoms. The van der Waals surface area contributed by atoms with Gasteiger partial charge in [0.1, 0.15) is 12.4 Å². The number of hydrogen-bond acceptors (Lipinski definition) is 3. The van der Waals surface area contributed by atoms with Crippen molar-refractivity contribution in [2.45, 2.75) is 26.3 Å². The Morgan fingerprint density at radius 1 is 1.00 bits per heavy atom. The van der Waals surface area contributed by atoms with E-state index in [2.05, 4.69) is 10.6 Å². The Kier molecular flexibility index (Phi) is 6.03. The predicted molar refractivity (Wildman–Crippen MR) is 121 cm³/mol. The summed E-state index contributed by atoms with van der Waals surface area (Å²) in [6, 6.07) is 22.8. The molecule has 5 nitrogen and oxygen atoms in total. The van der Waals surface area contributed by atoms with Gasteiger partial charge in [-0.1, -0.05) is 48.0 Å². The largest absolute Gasteiger partial charge is 0.492 e. The van der Waals surface area contributed by atoms with Crippen molar-refractivity contribution in [3.63, 3.8) is 0 Å². The van der Waals surface area contributed by atoms with Crippen molar-refractivity contribution in [1.29, 1.82) is 0 Å². The first-order valence-corrected chi connectivity index (χ1v) is 10.5. The van der Waals surface area contributed by atoms with Gasteiger partial charge in [-0.15, -0.1) is 0 Å². The molecule has 1 aliphatic heterocycles. The van der Waals surface area contributed by atoms with Crippen LogP contribution in [0.2, 0.25) is 0 Å². The highest BCUT2D eigenvalue weighted by Gasteiger charge is 2.27. The van der Waals surface area contributed by atoms with Crippen LogP contribution in [0.5, 0.6) is 5.75 Å². The molecule has 1 heterocycles. The van der Waals surface area contributed by atoms with Gasteiger partial charge in [-0.2, -0.15) is 0 Å². The molecule has 2 N–H and O–H groups in total. The summed E-state index contributed by atoms with van der Waals surface area (Å²) in [6.07, 6.45) is 0.566. The number of amides is 2. The van der Waals surface area contributed by atoms with Gasteiger partial charge in [0.25, 0.3) is 5.91 Å². The Morgan fingerprint density at radius 2 is 1.74 bits per heavy atom. The monoisotopic (exact) mass is 414 g/mol. The van der Waals surface area contributed by atoms with Crippen LogP contribution in [-0.2, 0) is 11.2 Å². The van der Waals surface area contributed by atoms with Crippen molar-refractivity contribution in [3.05, 3.63) is 95.1 Å². The first-order valence-electron chi connectivity index (χ1n) is 10.5. The van der Waals surface area contributed by atoms with E-state index in [1.807, 2.05) is 74.5 Å². The first kappa shape index (κ1) is 20.7. The molecule has 0 aromatic heterocycles. The highest BCUT2D eigenvalue weighted by atomic mass is 16.5. The minimum Gasteiger partial charge on any atom is -0.492 e. The zero-order chi connectivity index (χ0) is 21.8. The second-order valence-electron chi connectivity index (χ2n) is 8.00. The van der Waals surface area contributed by atoms with Crippen molar-refractivity contribution in [1.82, 2.24) is 5.32 Å². The number of carbonyl (C=O) groups is 2. The van der Waals surface area contributed by atoms with Crippen LogP contribution in [0.4, 0.5) is 5.69 Å². The van der Waals surface area contributed by atoms with Crippen LogP contribution in [0.1, 0.15) is 40.0 Å². The van der Waals surface area contributed by atoms with Crippen molar-refractivity contribution in [2.75, 3.05) is 11.9 Å². The van der Waals surface area contributed by atoms with Crippen molar-refractivity contribution in [2.24, 2.45) is 5.92 Å². The molecule has 2 amide bonds. The number of fused-ring (bicyclic) bond motifs is 1. The molecular formula is C26H26N2O3. The van der Waals surface area contributed by atoms with Gasteiger partial charge < -0.3 is 15.4 Å². The summed E-state index contributed by atoms with van der Waals surface area (Å²) in [5, 5.41) is 6.01. The van der Waals surface area contributed by atoms with E-state index in [9.17, 15) is 9.59 Å². The highest BCUT2D eigenvalue weighted by Crippen LogP contribution is 2.30. The van der Waals surface area contributed by atoms with Crippen molar-refractivity contribution >= 4 is 17.5 Å². The number of anilines is 1. The van der Waals surface area contributed by atoms with E-state index < -0.39 is 0 Å². The van der Waals surface area contributed by atoms with Crippen LogP contribution in [0.25, 0.3) is 0 Å². The summed E-state index contributed by atoms with van der Waals surface area (Å²) >= 11 is 0. The summed E-state index contributed by atoms with van der Waals surface area (Å²) < 4.78 is 5.83. The molecule has 1 aliphatic rings. The lowest BCUT2D eigenvalue weighted by Crippen LogP contribution is -2.38. The number of benzene rings is 3. The van der Waals surface area contributed by atoms with Crippen LogP contribution in [-0.4, -0.2) is 18.4 Å². The van der Waals surface area contributed by atoms with Gasteiger partial charge in [-0.25, -0.2) is 0 Å². The SMILES string of the molecule is Cc1ccc(C(=O)Nc2ccc3c(c2)CC(C(=O)NC(C)c2ccccc2)CO3)cc1. The van der Waals surface area contributed by atoms with E-state index in [0.29, 0.717) is 24.3 Å². The van der Waals surface area contributed by atoms with Gasteiger partial charge in [-0.3, -0.25) is 9.59 Å². The van der Waals surface area contributed by atoms with Gasteiger partial charge >= 0.3 is 0 Å². The third kappa shape index (κ3) is 4.94. The lowest BCUT2D eigenvalue weighted by Gasteiger charge is -2.26. The predicted octanol–water partition coefficient (Wildman–Crippen LogP) is 4.68. The maximum absolute atomic E-state index is 12.8. The lowest BCUT2D eigenvalue weighted by atomic mass is 9.95. The molecule has 0 fully saturated rings. The lowest BCUT2D eigenvalue weighted by molar-refractivity contribution is -0.126. The second-order valence-corrected chi connectivity index (χ2v) is 8.00. The topological polar surface area (TPSA) is 67.4 Å². The summed E-state index contributed by atoms with van der Waals surface area (Å²) in [6.45, 7) is 4.30. The minimum atomic E-state index is -0.276. The Labute approximate surface area is 182 Å². The van der Waals surface area contributed by atoms with Crippen molar-refractivity contribution < 1.29 is 14.3 Å². The Hall–Kier alpha value is -3.60. The fraction of sp³-hybridized carbons (Fsp3) is 0.231. The van der Waals surface area contributed by atoms with Crippen LogP contribution in [0.3, 0.4) is 0 Å². The number of hydrogen-bond donors (Lipinski definition) is 2. The maximum atomic E-state index is 12.8. The van der Waals surface area contributed by atoms with Crippen LogP contribution in [0, 0.1) is 12.8 Å². The van der Waals surface area contributed by atoms with E-state index in [0.717, 1.165) is 22.4 Å². The quantitative estimate of drug-likeness (QED) is 0.637. The van der Waals surface area contributed by atoms with Gasteiger partial charge in [0.15, 0.2) is 0 Å². The average Bonchev–Trinajstić information content (AvgIpc) is 2.79. The smallest absolute Gasteiger partial charge is 0.255 e. The summed E-state index contributed by atoms with van der Waals surface area (Å²) in [5.74, 6) is 0.286. The van der Waals surface area contributed by atoms with Crippen LogP contribution < -0.4 is 15.4 Å². The number of rotatable bonds is 5. The van der Waals surface area contributed by atoms with Gasteiger partial charge in [-0.05, 0) is 61.7 Å². The van der Waals surface area contributed by atoms with E-state index in [4.69, 9.17) is 4.74 Å². The minimum absolute atomic E-state index is 0.0314. The highest BCUT2D eigenvalue weighted by molar-refractivity contribution is 6.04. The summed E-state index contributed by atoms with van der Waals surface area (Å²) in [5.41, 5.74) is 4.38. The number of ether oxygens (including phenoxy) is 1. The molecule has 3 aromatic carbocycles. The molecule has 0 saturated carbocycles. The zero-order valence-corrected chi connectivity index (χ0v) is 17.7. The number of nitrogens with one attached hydrogen (secondary N) is 2. The molecule has 31 heavy (non-hydrogen) atoms. The van der Waals surface area contributed by atoms with Gasteiger partial charge in [0.05, 0.1) is 12.0 Å². The average molecular weight is 415 g/mol. The molecule has 4 rings (SSSR count). The Balaban J connectivity index is 1.41. The number of carbonyl (C=O) groups excluding carboxylic acids is 2. The Bertz CT molecular complexity index is 1080. The molecule has 2 atom stereocenters. The molecule has 0 spiro atoms. The Morgan fingerprint density at radius 3 is 2.48 bits per heavy atom. The third-order valence-electron chi connectivity index (χ3n) is 5.57. The van der Waals surface area contributed by atoms with E-state index in [1.54, 1.807) is 12.1 Å². The maximum Gasteiger partial charge on any atom is 0.255 e. The zero-order valence-electron chi connectivity index (χ0n) is 17.7. The molecule has 0 radical (unpaired) electrons. The fourth-order valence-electron chi connectivity index (χ4n) is 3.71. The third-order valence-corrected chi connectivity index (χ3v) is 5.57. The molecule has 3 aromatic rings. The van der Waals surface area contributed by atoms with E-state index in [1.165, 1.54) is 0 Å². The standard InChI is InChI=1S/C26H26N2O3/c1-17-8-10-20(11-9-17)25(29)28-23-12-13-24-21(15-23)14-22(16-31-24)26(30)27-18(2)19-6-4-3-5-7-19/h3-13,15,18,22H,14,16H2,1-2H3,(H,27,30)(H,28,29). The van der Waals surface area contributed by atoms with Gasteiger partial charge in [0, 0.05) is 11.3 Å². The van der Waals surface area contributed by atoms with E-state index >= 15 is 0 Å². The van der Waals surface area contributed by atoms with Crippen molar-refractivity contribution in [3.8, 4) is 5.75 Å². The molecule has 5 heteroatoms. The van der Waals surface area contributed by atoms with Crippen LogP contribution in [0.15, 0.2) is 72.8 Å². The van der Waals surface area contributed by atoms with Crippen LogP contribution >= 0.6 is 0 Å². The second kappa shape index (κ2) is 9.04. The van der Waals surface area contributed by atoms with E-state index in [-0.39, 0.29) is 23.8 Å². The molecule has 0 saturated heterocycles. The number of aryl methyl sites for hydroxylation is 1. The fourth-order valence-corrected chi connectivity index (χ4v) is 3.71. The molecular weight excluding hydrogens is 388 g/mol.